The summed E-state index contributed by atoms with van der Waals surface area (Å²) in [7, 11) is 0. The summed E-state index contributed by atoms with van der Waals surface area (Å²) in [5.41, 5.74) is 3.09. The zero-order valence-electron chi connectivity index (χ0n) is 25.4. The number of imidazole rings is 2. The molecule has 1 aliphatic carbocycles. The molecular weight excluding hydrogens is 522 g/mol. The van der Waals surface area contributed by atoms with Crippen molar-refractivity contribution in [2.75, 3.05) is 32.7 Å². The fraction of sp³-hybridized carbons (Fsp3) is 0.618. The number of nitrogens with zero attached hydrogens (tertiary/aromatic N) is 5. The van der Waals surface area contributed by atoms with Crippen molar-refractivity contribution in [1.29, 1.82) is 0 Å². The van der Waals surface area contributed by atoms with Gasteiger partial charge in [0.15, 0.2) is 0 Å². The largest absolute Gasteiger partial charge is 0.349 e. The number of amides is 1. The van der Waals surface area contributed by atoms with Crippen molar-refractivity contribution in [3.8, 4) is 0 Å². The van der Waals surface area contributed by atoms with Gasteiger partial charge in [-0.1, -0.05) is 43.5 Å². The van der Waals surface area contributed by atoms with Gasteiger partial charge in [-0.25, -0.2) is 9.97 Å². The van der Waals surface area contributed by atoms with E-state index in [1.807, 2.05) is 17.3 Å². The number of carbonyl (C=O) groups is 1. The van der Waals surface area contributed by atoms with Crippen LogP contribution in [0.4, 0.5) is 0 Å². The Balaban J connectivity index is 1.01. The molecule has 1 amide bonds. The lowest BCUT2D eigenvalue weighted by Crippen LogP contribution is -2.46. The van der Waals surface area contributed by atoms with Gasteiger partial charge in [0, 0.05) is 69.8 Å². The lowest BCUT2D eigenvalue weighted by atomic mass is 9.77. The average Bonchev–Trinajstić information content (AvgIpc) is 3.81. The molecule has 1 saturated carbocycles. The third kappa shape index (κ3) is 7.14. The number of hydrogen-bond acceptors (Lipinski definition) is 5. The second-order valence-corrected chi connectivity index (χ2v) is 13.1. The topological polar surface area (TPSA) is 84.2 Å². The van der Waals surface area contributed by atoms with Crippen LogP contribution in [-0.2, 0) is 30.7 Å². The van der Waals surface area contributed by atoms with E-state index >= 15 is 0 Å². The molecule has 3 fully saturated rings. The van der Waals surface area contributed by atoms with Crippen LogP contribution in [0.5, 0.6) is 0 Å². The zero-order valence-corrected chi connectivity index (χ0v) is 25.4. The molecular formula is C34H49N7O. The molecule has 2 aromatic heterocycles. The van der Waals surface area contributed by atoms with E-state index in [4.69, 9.17) is 0 Å². The molecule has 0 bridgehead atoms. The van der Waals surface area contributed by atoms with E-state index in [9.17, 15) is 4.79 Å². The highest BCUT2D eigenvalue weighted by molar-refractivity contribution is 5.79. The molecule has 226 valence electrons. The van der Waals surface area contributed by atoms with Gasteiger partial charge < -0.3 is 19.8 Å². The van der Waals surface area contributed by atoms with Crippen LogP contribution < -0.4 is 0 Å². The first-order valence-corrected chi connectivity index (χ1v) is 16.4. The van der Waals surface area contributed by atoms with E-state index in [1.165, 1.54) is 88.7 Å². The maximum atomic E-state index is 13.7. The summed E-state index contributed by atoms with van der Waals surface area (Å²) in [5.74, 6) is 1.59. The van der Waals surface area contributed by atoms with E-state index < -0.39 is 0 Å². The molecule has 2 N–H and O–H groups in total. The highest BCUT2D eigenvalue weighted by atomic mass is 16.2. The minimum Gasteiger partial charge on any atom is -0.349 e. The summed E-state index contributed by atoms with van der Waals surface area (Å²) in [5, 5.41) is 0. The number of nitrogens with one attached hydrogen (secondary N) is 2. The number of aromatic nitrogens is 4. The van der Waals surface area contributed by atoms with Gasteiger partial charge in [0.05, 0.1) is 5.92 Å². The highest BCUT2D eigenvalue weighted by Gasteiger charge is 2.41. The van der Waals surface area contributed by atoms with E-state index in [2.05, 4.69) is 60.9 Å². The molecule has 1 aromatic carbocycles. The third-order valence-corrected chi connectivity index (χ3v) is 10.3. The van der Waals surface area contributed by atoms with Crippen LogP contribution in [0, 0.1) is 11.3 Å². The molecule has 42 heavy (non-hydrogen) atoms. The fourth-order valence-electron chi connectivity index (χ4n) is 7.75. The zero-order chi connectivity index (χ0) is 28.8. The molecule has 0 atom stereocenters. The van der Waals surface area contributed by atoms with Crippen LogP contribution in [0.2, 0.25) is 0 Å². The predicted molar refractivity (Wildman–Crippen MR) is 166 cm³/mol. The molecule has 2 saturated heterocycles. The molecule has 8 nitrogen and oxygen atoms in total. The van der Waals surface area contributed by atoms with Crippen LogP contribution in [0.3, 0.4) is 0 Å². The molecule has 8 heteroatoms. The van der Waals surface area contributed by atoms with Gasteiger partial charge in [0.25, 0.3) is 0 Å². The quantitative estimate of drug-likeness (QED) is 0.330. The Morgan fingerprint density at radius 2 is 1.55 bits per heavy atom. The molecule has 6 rings (SSSR count). The number of aromatic amines is 2. The maximum absolute atomic E-state index is 13.7. The lowest BCUT2D eigenvalue weighted by molar-refractivity contribution is -0.136. The Labute approximate surface area is 251 Å². The normalized spacial score (nSPS) is 20.0. The highest BCUT2D eigenvalue weighted by Crippen LogP contribution is 2.42. The van der Waals surface area contributed by atoms with Crippen LogP contribution in [-0.4, -0.2) is 79.3 Å². The van der Waals surface area contributed by atoms with Crippen LogP contribution in [0.25, 0.3) is 0 Å². The average molecular weight is 572 g/mol. The van der Waals surface area contributed by atoms with E-state index in [0.29, 0.717) is 31.3 Å². The number of H-pyrrole nitrogens is 2. The Morgan fingerprint density at radius 1 is 0.929 bits per heavy atom. The molecule has 3 aromatic rings. The Kier molecular flexibility index (Phi) is 9.40. The number of likely N-dealkylation sites (tertiary alicyclic amines) is 2. The van der Waals surface area contributed by atoms with Crippen molar-refractivity contribution in [3.05, 3.63) is 71.8 Å². The smallest absolute Gasteiger partial charge is 0.226 e. The summed E-state index contributed by atoms with van der Waals surface area (Å²) < 4.78 is 0. The second kappa shape index (κ2) is 13.6. The summed E-state index contributed by atoms with van der Waals surface area (Å²) >= 11 is 0. The number of hydrogen-bond donors (Lipinski definition) is 2. The first kappa shape index (κ1) is 29.1. The number of carbonyl (C=O) groups excluding carboxylic acids is 1. The van der Waals surface area contributed by atoms with Crippen LogP contribution >= 0.6 is 0 Å². The van der Waals surface area contributed by atoms with Crippen LogP contribution in [0.15, 0.2) is 49.1 Å². The van der Waals surface area contributed by atoms with Crippen molar-refractivity contribution in [2.24, 2.45) is 11.3 Å². The SMILES string of the molecule is CCN(Cc1ccc(CN2CCC3(CCN(C4CCCCC4)CC3)C2)cc1)C(=O)C(Cc1ncc[nH]1)Cc1ncc[nH]1. The standard InChI is InChI=1S/C34H49N7O/c1-2-40(33(42)29(22-31-35-15-16-36-31)23-32-37-17-18-38-32)25-28-10-8-27(9-11-28)24-39-19-12-34(26-39)13-20-41(21-14-34)30-6-4-3-5-7-30/h8-11,15-18,29-30H,2-7,12-14,19-26H2,1H3,(H,35,36)(H,37,38). The van der Waals surface area contributed by atoms with Crippen molar-refractivity contribution < 1.29 is 4.79 Å². The molecule has 3 aliphatic rings. The minimum absolute atomic E-state index is 0.145. The van der Waals surface area contributed by atoms with Crippen LogP contribution in [0.1, 0.15) is 81.1 Å². The monoisotopic (exact) mass is 571 g/mol. The van der Waals surface area contributed by atoms with E-state index in [1.54, 1.807) is 12.4 Å². The third-order valence-electron chi connectivity index (χ3n) is 10.3. The molecule has 2 aliphatic heterocycles. The summed E-state index contributed by atoms with van der Waals surface area (Å²) in [6.07, 6.45) is 19.5. The van der Waals surface area contributed by atoms with Gasteiger partial charge in [-0.2, -0.15) is 0 Å². The van der Waals surface area contributed by atoms with E-state index in [-0.39, 0.29) is 11.8 Å². The molecule has 4 heterocycles. The van der Waals surface area contributed by atoms with Crippen molar-refractivity contribution in [2.45, 2.75) is 90.3 Å². The molecule has 0 radical (unpaired) electrons. The van der Waals surface area contributed by atoms with Crippen molar-refractivity contribution in [3.63, 3.8) is 0 Å². The summed E-state index contributed by atoms with van der Waals surface area (Å²) in [6.45, 7) is 9.46. The van der Waals surface area contributed by atoms with Gasteiger partial charge in [0.2, 0.25) is 5.91 Å². The lowest BCUT2D eigenvalue weighted by Gasteiger charge is -2.43. The van der Waals surface area contributed by atoms with Gasteiger partial charge in [-0.3, -0.25) is 9.69 Å². The Hall–Kier alpha value is -2.97. The van der Waals surface area contributed by atoms with Gasteiger partial charge in [-0.15, -0.1) is 0 Å². The first-order valence-electron chi connectivity index (χ1n) is 16.4. The predicted octanol–water partition coefficient (Wildman–Crippen LogP) is 5.20. The Morgan fingerprint density at radius 3 is 2.14 bits per heavy atom. The van der Waals surface area contributed by atoms with Gasteiger partial charge >= 0.3 is 0 Å². The van der Waals surface area contributed by atoms with Crippen molar-refractivity contribution in [1.82, 2.24) is 34.6 Å². The minimum atomic E-state index is -0.224. The number of benzene rings is 1. The maximum Gasteiger partial charge on any atom is 0.226 e. The summed E-state index contributed by atoms with van der Waals surface area (Å²) in [4.78, 5) is 36.3. The molecule has 1 spiro atoms. The van der Waals surface area contributed by atoms with Gasteiger partial charge in [-0.05, 0) is 75.2 Å². The number of piperidine rings is 1. The number of rotatable bonds is 11. The van der Waals surface area contributed by atoms with E-state index in [0.717, 1.165) is 24.2 Å². The van der Waals surface area contributed by atoms with Gasteiger partial charge in [0.1, 0.15) is 11.6 Å². The van der Waals surface area contributed by atoms with Crippen molar-refractivity contribution >= 4 is 5.91 Å². The molecule has 0 unspecified atom stereocenters. The first-order chi connectivity index (χ1) is 20.6. The second-order valence-electron chi connectivity index (χ2n) is 13.1. The summed E-state index contributed by atoms with van der Waals surface area (Å²) in [6, 6.07) is 9.84. The fourth-order valence-corrected chi connectivity index (χ4v) is 7.75. The Bertz CT molecular complexity index is 1190.